The van der Waals surface area contributed by atoms with E-state index in [-0.39, 0.29) is 25.0 Å². The molecule has 0 spiro atoms. The number of benzene rings is 1. The molecule has 7 heteroatoms. The lowest BCUT2D eigenvalue weighted by Gasteiger charge is -2.23. The summed E-state index contributed by atoms with van der Waals surface area (Å²) in [6, 6.07) is 9.27. The SMILES string of the molecule is CC(C)(C)OC(=O)N[C@H](CC(=O)OCc1ccc(-n2cccn2)cc1)C1CC1. The molecule has 0 bridgehead atoms. The standard InChI is InChI=1S/C21H27N3O4/c1-21(2,3)28-20(26)23-18(16-7-8-16)13-19(25)27-14-15-5-9-17(10-6-15)24-12-4-11-22-24/h4-6,9-12,16,18H,7-8,13-14H2,1-3H3,(H,23,26)/t18-/m1/s1. The van der Waals surface area contributed by atoms with Gasteiger partial charge in [0.05, 0.1) is 12.1 Å². The summed E-state index contributed by atoms with van der Waals surface area (Å²) in [5.74, 6) is -0.0162. The van der Waals surface area contributed by atoms with Crippen molar-refractivity contribution in [3.63, 3.8) is 0 Å². The second kappa shape index (κ2) is 8.46. The van der Waals surface area contributed by atoms with Gasteiger partial charge in [-0.25, -0.2) is 9.48 Å². The Balaban J connectivity index is 1.47. The molecule has 1 saturated carbocycles. The van der Waals surface area contributed by atoms with E-state index < -0.39 is 11.7 Å². The minimum Gasteiger partial charge on any atom is -0.461 e. The number of amides is 1. The molecule has 28 heavy (non-hydrogen) atoms. The summed E-state index contributed by atoms with van der Waals surface area (Å²) in [4.78, 5) is 24.2. The van der Waals surface area contributed by atoms with Crippen LogP contribution in [0.4, 0.5) is 4.79 Å². The molecule has 1 N–H and O–H groups in total. The number of alkyl carbamates (subject to hydrolysis) is 1. The molecule has 0 saturated heterocycles. The molecule has 1 aliphatic carbocycles. The van der Waals surface area contributed by atoms with Crippen LogP contribution in [0.25, 0.3) is 5.69 Å². The summed E-state index contributed by atoms with van der Waals surface area (Å²) in [5.41, 5.74) is 1.27. The van der Waals surface area contributed by atoms with Crippen LogP contribution >= 0.6 is 0 Å². The second-order valence-corrected chi connectivity index (χ2v) is 8.07. The summed E-state index contributed by atoms with van der Waals surface area (Å²) in [7, 11) is 0. The molecule has 1 amide bonds. The predicted molar refractivity (Wildman–Crippen MR) is 104 cm³/mol. The second-order valence-electron chi connectivity index (χ2n) is 8.07. The molecular weight excluding hydrogens is 358 g/mol. The average molecular weight is 385 g/mol. The predicted octanol–water partition coefficient (Wildman–Crippen LogP) is 3.61. The average Bonchev–Trinajstić information content (AvgIpc) is 3.33. The van der Waals surface area contributed by atoms with Crippen LogP contribution in [0.1, 0.15) is 45.6 Å². The van der Waals surface area contributed by atoms with Gasteiger partial charge >= 0.3 is 12.1 Å². The maximum atomic E-state index is 12.3. The van der Waals surface area contributed by atoms with Crippen LogP contribution in [0.2, 0.25) is 0 Å². The Labute approximate surface area is 165 Å². The molecule has 1 aromatic carbocycles. The van der Waals surface area contributed by atoms with Crippen molar-refractivity contribution in [3.8, 4) is 5.69 Å². The van der Waals surface area contributed by atoms with Gasteiger partial charge in [-0.1, -0.05) is 12.1 Å². The number of rotatable bonds is 7. The van der Waals surface area contributed by atoms with Gasteiger partial charge in [-0.05, 0) is 63.3 Å². The molecule has 0 radical (unpaired) electrons. The fraction of sp³-hybridized carbons (Fsp3) is 0.476. The maximum Gasteiger partial charge on any atom is 0.407 e. The highest BCUT2D eigenvalue weighted by atomic mass is 16.6. The van der Waals surface area contributed by atoms with Crippen molar-refractivity contribution in [1.29, 1.82) is 0 Å². The van der Waals surface area contributed by atoms with Gasteiger partial charge in [-0.2, -0.15) is 5.10 Å². The molecule has 2 aromatic rings. The number of aromatic nitrogens is 2. The number of esters is 1. The van der Waals surface area contributed by atoms with Crippen LogP contribution in [-0.2, 0) is 20.9 Å². The van der Waals surface area contributed by atoms with E-state index >= 15 is 0 Å². The Kier molecular flexibility index (Phi) is 6.02. The molecule has 7 nitrogen and oxygen atoms in total. The Bertz CT molecular complexity index is 790. The van der Waals surface area contributed by atoms with Crippen LogP contribution in [0, 0.1) is 5.92 Å². The molecule has 3 rings (SSSR count). The number of hydrogen-bond acceptors (Lipinski definition) is 5. The zero-order chi connectivity index (χ0) is 20.1. The van der Waals surface area contributed by atoms with Crippen LogP contribution in [-0.4, -0.2) is 33.5 Å². The summed E-state index contributed by atoms with van der Waals surface area (Å²) < 4.78 is 12.4. The first-order valence-corrected chi connectivity index (χ1v) is 9.54. The Morgan fingerprint density at radius 3 is 2.54 bits per heavy atom. The number of carbonyl (C=O) groups excluding carboxylic acids is 2. The van der Waals surface area contributed by atoms with Crippen molar-refractivity contribution in [2.75, 3.05) is 0 Å². The smallest absolute Gasteiger partial charge is 0.407 e. The van der Waals surface area contributed by atoms with Crippen LogP contribution in [0.15, 0.2) is 42.7 Å². The minimum atomic E-state index is -0.568. The number of nitrogens with zero attached hydrogens (tertiary/aromatic N) is 2. The summed E-state index contributed by atoms with van der Waals surface area (Å²) in [6.45, 7) is 5.63. The highest BCUT2D eigenvalue weighted by molar-refractivity contribution is 5.73. The van der Waals surface area contributed by atoms with E-state index in [0.29, 0.717) is 5.92 Å². The molecule has 150 valence electrons. The van der Waals surface area contributed by atoms with Crippen molar-refractivity contribution < 1.29 is 19.1 Å². The quantitative estimate of drug-likeness (QED) is 0.736. The first kappa shape index (κ1) is 19.9. The summed E-state index contributed by atoms with van der Waals surface area (Å²) in [6.07, 6.45) is 5.24. The van der Waals surface area contributed by atoms with Crippen molar-refractivity contribution in [2.45, 2.75) is 58.3 Å². The van der Waals surface area contributed by atoms with Crippen molar-refractivity contribution in [3.05, 3.63) is 48.3 Å². The van der Waals surface area contributed by atoms with E-state index in [0.717, 1.165) is 24.1 Å². The number of carbonyl (C=O) groups is 2. The fourth-order valence-corrected chi connectivity index (χ4v) is 2.86. The molecule has 1 heterocycles. The van der Waals surface area contributed by atoms with E-state index in [1.54, 1.807) is 10.9 Å². The Morgan fingerprint density at radius 2 is 1.96 bits per heavy atom. The Hall–Kier alpha value is -2.83. The van der Waals surface area contributed by atoms with E-state index in [1.807, 2.05) is 57.3 Å². The first-order valence-electron chi connectivity index (χ1n) is 9.54. The van der Waals surface area contributed by atoms with Gasteiger partial charge in [0.15, 0.2) is 0 Å². The van der Waals surface area contributed by atoms with Gasteiger partial charge in [-0.3, -0.25) is 4.79 Å². The minimum absolute atomic E-state index is 0.148. The van der Waals surface area contributed by atoms with Crippen molar-refractivity contribution >= 4 is 12.1 Å². The number of ether oxygens (including phenoxy) is 2. The third-order valence-electron chi connectivity index (χ3n) is 4.38. The molecule has 1 aliphatic rings. The van der Waals surface area contributed by atoms with Crippen molar-refractivity contribution in [1.82, 2.24) is 15.1 Å². The Morgan fingerprint density at radius 1 is 1.25 bits per heavy atom. The van der Waals surface area contributed by atoms with Crippen LogP contribution < -0.4 is 5.32 Å². The van der Waals surface area contributed by atoms with Crippen LogP contribution in [0.5, 0.6) is 0 Å². The van der Waals surface area contributed by atoms with E-state index in [4.69, 9.17) is 9.47 Å². The lowest BCUT2D eigenvalue weighted by molar-refractivity contribution is -0.145. The van der Waals surface area contributed by atoms with E-state index in [2.05, 4.69) is 10.4 Å². The summed E-state index contributed by atoms with van der Waals surface area (Å²) >= 11 is 0. The molecule has 1 fully saturated rings. The largest absolute Gasteiger partial charge is 0.461 e. The monoisotopic (exact) mass is 385 g/mol. The topological polar surface area (TPSA) is 82.5 Å². The third kappa shape index (κ3) is 6.11. The van der Waals surface area contributed by atoms with Gasteiger partial charge in [0.25, 0.3) is 0 Å². The molecule has 0 unspecified atom stereocenters. The first-order chi connectivity index (χ1) is 13.3. The van der Waals surface area contributed by atoms with Gasteiger partial charge in [-0.15, -0.1) is 0 Å². The van der Waals surface area contributed by atoms with E-state index in [1.165, 1.54) is 0 Å². The fourth-order valence-electron chi connectivity index (χ4n) is 2.86. The number of hydrogen-bond donors (Lipinski definition) is 1. The summed E-state index contributed by atoms with van der Waals surface area (Å²) in [5, 5.41) is 6.99. The van der Waals surface area contributed by atoms with Crippen molar-refractivity contribution in [2.24, 2.45) is 5.92 Å². The van der Waals surface area contributed by atoms with Gasteiger partial charge in [0.1, 0.15) is 12.2 Å². The third-order valence-corrected chi connectivity index (χ3v) is 4.38. The van der Waals surface area contributed by atoms with Gasteiger partial charge in [0, 0.05) is 18.4 Å². The lowest BCUT2D eigenvalue weighted by Crippen LogP contribution is -2.41. The normalized spacial score (nSPS) is 15.0. The van der Waals surface area contributed by atoms with Gasteiger partial charge in [0.2, 0.25) is 0 Å². The number of nitrogens with one attached hydrogen (secondary N) is 1. The molecule has 1 atom stereocenters. The molecule has 1 aromatic heterocycles. The zero-order valence-electron chi connectivity index (χ0n) is 16.6. The maximum absolute atomic E-state index is 12.3. The molecular formula is C21H27N3O4. The van der Waals surface area contributed by atoms with Crippen LogP contribution in [0.3, 0.4) is 0 Å². The van der Waals surface area contributed by atoms with Gasteiger partial charge < -0.3 is 14.8 Å². The molecule has 0 aliphatic heterocycles. The highest BCUT2D eigenvalue weighted by Crippen LogP contribution is 2.34. The lowest BCUT2D eigenvalue weighted by atomic mass is 10.1. The zero-order valence-corrected chi connectivity index (χ0v) is 16.6. The van der Waals surface area contributed by atoms with E-state index in [9.17, 15) is 9.59 Å². The highest BCUT2D eigenvalue weighted by Gasteiger charge is 2.35.